The van der Waals surface area contributed by atoms with Crippen molar-refractivity contribution in [1.82, 2.24) is 29.5 Å². The van der Waals surface area contributed by atoms with Gasteiger partial charge in [0.05, 0.1) is 23.1 Å². The highest BCUT2D eigenvalue weighted by molar-refractivity contribution is 7.46. The normalized spacial score (nSPS) is 13.3. The lowest BCUT2D eigenvalue weighted by Crippen LogP contribution is -2.36. The van der Waals surface area contributed by atoms with Crippen LogP contribution in [0, 0.1) is 6.92 Å². The van der Waals surface area contributed by atoms with Crippen LogP contribution in [0.25, 0.3) is 33.5 Å². The molecule has 0 saturated carbocycles. The van der Waals surface area contributed by atoms with E-state index in [1.807, 2.05) is 49.4 Å². The van der Waals surface area contributed by atoms with Crippen molar-refractivity contribution in [2.24, 2.45) is 0 Å². The van der Waals surface area contributed by atoms with E-state index in [1.165, 1.54) is 16.7 Å². The average Bonchev–Trinajstić information content (AvgIpc) is 3.33. The maximum absolute atomic E-state index is 11.6. The summed E-state index contributed by atoms with van der Waals surface area (Å²) < 4.78 is 17.9. The van der Waals surface area contributed by atoms with Crippen molar-refractivity contribution < 1.29 is 18.9 Å². The zero-order valence-corrected chi connectivity index (χ0v) is 24.5. The van der Waals surface area contributed by atoms with Gasteiger partial charge in [0.15, 0.2) is 5.65 Å². The third-order valence-electron chi connectivity index (χ3n) is 7.36. The Bertz CT molecular complexity index is 2040. The second kappa shape index (κ2) is 11.3. The number of hydrogen-bond acceptors (Lipinski definition) is 10. The van der Waals surface area contributed by atoms with Crippen LogP contribution in [0.1, 0.15) is 12.1 Å². The maximum Gasteiger partial charge on any atom is 0.471 e. The van der Waals surface area contributed by atoms with E-state index in [9.17, 15) is 14.4 Å². The number of nitrogens with one attached hydrogen (secondary N) is 2. The van der Waals surface area contributed by atoms with Gasteiger partial charge in [-0.05, 0) is 67.9 Å². The molecule has 5 aromatic heterocycles. The number of aromatic nitrogens is 6. The van der Waals surface area contributed by atoms with Crippen LogP contribution in [0.15, 0.2) is 79.4 Å². The first-order valence-electron chi connectivity index (χ1n) is 13.9. The second-order valence-corrected chi connectivity index (χ2v) is 11.7. The van der Waals surface area contributed by atoms with Crippen molar-refractivity contribution in [3.63, 3.8) is 0 Å². The number of benzene rings is 1. The average molecular weight is 610 g/mol. The minimum absolute atomic E-state index is 0.394. The highest BCUT2D eigenvalue weighted by atomic mass is 31.2. The van der Waals surface area contributed by atoms with Gasteiger partial charge >= 0.3 is 7.82 Å². The summed E-state index contributed by atoms with van der Waals surface area (Å²) in [5, 5.41) is 7.68. The molecule has 4 N–H and O–H groups in total. The summed E-state index contributed by atoms with van der Waals surface area (Å²) in [6, 6.07) is 17.4. The predicted octanol–water partition coefficient (Wildman–Crippen LogP) is 5.51. The van der Waals surface area contributed by atoms with Gasteiger partial charge in [-0.3, -0.25) is 19.1 Å². The molecule has 222 valence electrons. The molecule has 6 aromatic rings. The Kier molecular flexibility index (Phi) is 7.15. The van der Waals surface area contributed by atoms with Crippen LogP contribution in [0.3, 0.4) is 0 Å². The largest absolute Gasteiger partial charge is 0.471 e. The van der Waals surface area contributed by atoms with Crippen LogP contribution in [0.5, 0.6) is 0 Å². The van der Waals surface area contributed by atoms with Gasteiger partial charge in [0.2, 0.25) is 0 Å². The Morgan fingerprint density at radius 2 is 1.75 bits per heavy atom. The molecule has 1 aromatic carbocycles. The van der Waals surface area contributed by atoms with Crippen LogP contribution >= 0.6 is 7.82 Å². The van der Waals surface area contributed by atoms with Gasteiger partial charge in [0.25, 0.3) is 0 Å². The summed E-state index contributed by atoms with van der Waals surface area (Å²) in [4.78, 5) is 43.7. The first-order chi connectivity index (χ1) is 21.3. The van der Waals surface area contributed by atoms with E-state index in [2.05, 4.69) is 47.6 Å². The number of pyridine rings is 4. The summed E-state index contributed by atoms with van der Waals surface area (Å²) >= 11 is 0. The van der Waals surface area contributed by atoms with Crippen LogP contribution in [0.4, 0.5) is 28.6 Å². The van der Waals surface area contributed by atoms with E-state index in [4.69, 9.17) is 9.51 Å². The van der Waals surface area contributed by atoms with Crippen molar-refractivity contribution in [1.29, 1.82) is 0 Å². The number of hydrogen-bond donors (Lipinski definition) is 4. The fourth-order valence-electron chi connectivity index (χ4n) is 5.10. The quantitative estimate of drug-likeness (QED) is 0.152. The number of aryl methyl sites for hydroxylation is 1. The summed E-state index contributed by atoms with van der Waals surface area (Å²) in [6.07, 6.45) is 7.94. The van der Waals surface area contributed by atoms with Gasteiger partial charge in [-0.25, -0.2) is 19.5 Å². The monoisotopic (exact) mass is 609 g/mol. The van der Waals surface area contributed by atoms with Gasteiger partial charge in [-0.2, -0.15) is 0 Å². The van der Waals surface area contributed by atoms with Crippen molar-refractivity contribution in [3.05, 3.63) is 85.1 Å². The highest BCUT2D eigenvalue weighted by Gasteiger charge is 2.20. The number of nitrogens with zero attached hydrogens (tertiary/aromatic N) is 7. The summed E-state index contributed by atoms with van der Waals surface area (Å²) in [6.45, 7) is 3.56. The molecule has 0 radical (unpaired) electrons. The number of phosphoric acid groups is 1. The predicted molar refractivity (Wildman–Crippen MR) is 168 cm³/mol. The van der Waals surface area contributed by atoms with Gasteiger partial charge < -0.3 is 25.3 Å². The Labute approximate surface area is 251 Å². The highest BCUT2D eigenvalue weighted by Crippen LogP contribution is 2.38. The number of fused-ring (bicyclic) bond motifs is 2. The third kappa shape index (κ3) is 5.81. The zero-order chi connectivity index (χ0) is 30.3. The molecule has 0 amide bonds. The lowest BCUT2D eigenvalue weighted by Gasteiger charge is -2.33. The van der Waals surface area contributed by atoms with Gasteiger partial charge in [0, 0.05) is 59.7 Å². The minimum atomic E-state index is -4.76. The topological polar surface area (TPSA) is 163 Å². The molecule has 0 spiro atoms. The molecule has 0 bridgehead atoms. The van der Waals surface area contributed by atoms with E-state index in [1.54, 1.807) is 24.8 Å². The molecule has 1 aliphatic heterocycles. The summed E-state index contributed by atoms with van der Waals surface area (Å²) in [5.74, 6) is 1.01. The van der Waals surface area contributed by atoms with Gasteiger partial charge in [-0.1, -0.05) is 0 Å². The van der Waals surface area contributed by atoms with Crippen molar-refractivity contribution in [2.75, 3.05) is 28.6 Å². The molecular formula is C30H28N9O4P. The first-order valence-corrected chi connectivity index (χ1v) is 15.5. The van der Waals surface area contributed by atoms with Crippen LogP contribution < -0.4 is 15.5 Å². The number of rotatable bonds is 9. The fourth-order valence-corrected chi connectivity index (χ4v) is 5.36. The zero-order valence-electron chi connectivity index (χ0n) is 23.6. The van der Waals surface area contributed by atoms with Gasteiger partial charge in [-0.15, -0.1) is 0 Å². The third-order valence-corrected chi connectivity index (χ3v) is 7.81. The van der Waals surface area contributed by atoms with E-state index < -0.39 is 14.6 Å². The molecule has 0 unspecified atom stereocenters. The van der Waals surface area contributed by atoms with Gasteiger partial charge in [0.1, 0.15) is 23.9 Å². The fraction of sp³-hybridized carbons (Fsp3) is 0.167. The number of anilines is 5. The molecule has 1 fully saturated rings. The Morgan fingerprint density at radius 1 is 0.886 bits per heavy atom. The van der Waals surface area contributed by atoms with Crippen molar-refractivity contribution in [3.8, 4) is 11.4 Å². The summed E-state index contributed by atoms with van der Waals surface area (Å²) in [5.41, 5.74) is 6.85. The Hall–Kier alpha value is -4.94. The molecule has 44 heavy (non-hydrogen) atoms. The van der Waals surface area contributed by atoms with Crippen LogP contribution in [-0.4, -0.2) is 52.4 Å². The lowest BCUT2D eigenvalue weighted by molar-refractivity contribution is 0.156. The first kappa shape index (κ1) is 27.9. The summed E-state index contributed by atoms with van der Waals surface area (Å²) in [7, 11) is -4.76. The van der Waals surface area contributed by atoms with E-state index in [0.29, 0.717) is 34.1 Å². The number of phosphoric ester groups is 1. The Morgan fingerprint density at radius 3 is 2.50 bits per heavy atom. The van der Waals surface area contributed by atoms with E-state index in [0.717, 1.165) is 41.1 Å². The van der Waals surface area contributed by atoms with E-state index in [-0.39, 0.29) is 0 Å². The molecule has 1 aliphatic rings. The minimum Gasteiger partial charge on any atom is -0.371 e. The smallest absolute Gasteiger partial charge is 0.371 e. The molecular weight excluding hydrogens is 581 g/mol. The SMILES string of the molecule is Cc1cc(Nc2cnc3c(c2)nc(-c2ccc(Nc4ccnc5ccc(N6CCC6)cc45)nc2)n3COP(=O)(O)O)ccn1. The standard InChI is InChI=1S/C30H28N9O4P/c1-19-13-21(7-9-31-19)35-22-14-27-30(34-17-22)39(18-43-44(40,41)42)29(37-27)20-3-6-28(33-16-20)36-26-8-10-32-25-5-4-23(15-24(25)26)38-11-2-12-38/h3-10,13-17H,2,11-12,18H2,1H3,(H,31,35)(H,32,33,36)(H2,40,41,42). The molecule has 6 heterocycles. The molecule has 7 rings (SSSR count). The Balaban J connectivity index is 1.20. The molecule has 1 saturated heterocycles. The van der Waals surface area contributed by atoms with Crippen LogP contribution in [0.2, 0.25) is 0 Å². The second-order valence-electron chi connectivity index (χ2n) is 10.4. The lowest BCUT2D eigenvalue weighted by atomic mass is 10.1. The van der Waals surface area contributed by atoms with Crippen molar-refractivity contribution in [2.45, 2.75) is 20.1 Å². The molecule has 13 nitrogen and oxygen atoms in total. The molecule has 0 atom stereocenters. The van der Waals surface area contributed by atoms with Crippen LogP contribution in [-0.2, 0) is 15.8 Å². The maximum atomic E-state index is 11.6. The van der Waals surface area contributed by atoms with Crippen molar-refractivity contribution >= 4 is 58.5 Å². The number of imidazole rings is 1. The molecule has 0 aliphatic carbocycles. The molecule has 14 heteroatoms. The van der Waals surface area contributed by atoms with E-state index >= 15 is 0 Å².